The van der Waals surface area contributed by atoms with Gasteiger partial charge in [0.05, 0.1) is 11.2 Å². The lowest BCUT2D eigenvalue weighted by atomic mass is 10.1. The summed E-state index contributed by atoms with van der Waals surface area (Å²) in [6.07, 6.45) is 2.70. The van der Waals surface area contributed by atoms with Crippen LogP contribution in [-0.4, -0.2) is 11.3 Å². The number of benzene rings is 2. The van der Waals surface area contributed by atoms with Crippen molar-refractivity contribution in [2.24, 2.45) is 0 Å². The normalized spacial score (nSPS) is 11.5. The maximum absolute atomic E-state index is 11.3. The van der Waals surface area contributed by atoms with Crippen molar-refractivity contribution in [1.29, 1.82) is 0 Å². The van der Waals surface area contributed by atoms with E-state index in [9.17, 15) is 4.79 Å². The predicted molar refractivity (Wildman–Crippen MR) is 82.1 cm³/mol. The van der Waals surface area contributed by atoms with Crippen LogP contribution >= 0.6 is 0 Å². The van der Waals surface area contributed by atoms with Crippen LogP contribution < -0.4 is 0 Å². The van der Waals surface area contributed by atoms with Crippen LogP contribution in [0.1, 0.15) is 11.3 Å². The minimum absolute atomic E-state index is 0.585. The molecule has 0 aliphatic rings. The van der Waals surface area contributed by atoms with E-state index < -0.39 is 0 Å². The molecule has 2 heteroatoms. The number of nitrogens with zero attached hydrogens (tertiary/aromatic N) is 1. The standard InChI is InChI=1S/C18H13NO/c20-13-16(12-14-6-2-1-3-7-14)18-11-10-15-8-4-5-9-17(15)19-18/h1-13H. The van der Waals surface area contributed by atoms with Gasteiger partial charge in [-0.05, 0) is 23.8 Å². The lowest BCUT2D eigenvalue weighted by molar-refractivity contribution is -0.103. The average Bonchev–Trinajstić information content (AvgIpc) is 2.53. The zero-order chi connectivity index (χ0) is 13.8. The molecule has 0 saturated carbocycles. The summed E-state index contributed by atoms with van der Waals surface area (Å²) in [5.41, 5.74) is 3.17. The Kier molecular flexibility index (Phi) is 3.38. The van der Waals surface area contributed by atoms with Crippen molar-refractivity contribution in [2.45, 2.75) is 0 Å². The molecule has 0 N–H and O–H groups in total. The number of hydrogen-bond acceptors (Lipinski definition) is 2. The van der Waals surface area contributed by atoms with Gasteiger partial charge in [-0.1, -0.05) is 54.6 Å². The van der Waals surface area contributed by atoms with Gasteiger partial charge in [0, 0.05) is 11.0 Å². The fraction of sp³-hybridized carbons (Fsp3) is 0. The van der Waals surface area contributed by atoms with Crippen molar-refractivity contribution < 1.29 is 4.79 Å². The van der Waals surface area contributed by atoms with E-state index in [4.69, 9.17) is 0 Å². The van der Waals surface area contributed by atoms with E-state index in [1.807, 2.05) is 72.8 Å². The summed E-state index contributed by atoms with van der Waals surface area (Å²) >= 11 is 0. The number of carbonyl (C=O) groups excluding carboxylic acids is 1. The van der Waals surface area contributed by atoms with E-state index in [1.165, 1.54) is 0 Å². The lowest BCUT2D eigenvalue weighted by Crippen LogP contribution is -1.91. The Bertz CT molecular complexity index is 776. The largest absolute Gasteiger partial charge is 0.298 e. The molecule has 1 aromatic heterocycles. The summed E-state index contributed by atoms with van der Waals surface area (Å²) in [6, 6.07) is 21.5. The minimum atomic E-state index is 0.585. The first kappa shape index (κ1) is 12.3. The van der Waals surface area contributed by atoms with Crippen molar-refractivity contribution in [2.75, 3.05) is 0 Å². The Labute approximate surface area is 117 Å². The Hall–Kier alpha value is -2.74. The Morgan fingerprint density at radius 2 is 1.60 bits per heavy atom. The second kappa shape index (κ2) is 5.49. The minimum Gasteiger partial charge on any atom is -0.298 e. The van der Waals surface area contributed by atoms with Gasteiger partial charge in [-0.15, -0.1) is 0 Å². The number of aromatic nitrogens is 1. The van der Waals surface area contributed by atoms with Crippen LogP contribution in [0.3, 0.4) is 0 Å². The van der Waals surface area contributed by atoms with Crippen LogP contribution in [-0.2, 0) is 4.79 Å². The van der Waals surface area contributed by atoms with Gasteiger partial charge in [0.2, 0.25) is 0 Å². The summed E-state index contributed by atoms with van der Waals surface area (Å²) in [5.74, 6) is 0. The SMILES string of the molecule is O=CC(=Cc1ccccc1)c1ccc2ccccc2n1. The molecule has 96 valence electrons. The van der Waals surface area contributed by atoms with Gasteiger partial charge in [0.25, 0.3) is 0 Å². The van der Waals surface area contributed by atoms with Crippen molar-refractivity contribution >= 4 is 28.8 Å². The second-order valence-electron chi connectivity index (χ2n) is 4.52. The molecule has 0 bridgehead atoms. The Morgan fingerprint density at radius 3 is 2.40 bits per heavy atom. The van der Waals surface area contributed by atoms with Gasteiger partial charge in [-0.25, -0.2) is 4.98 Å². The van der Waals surface area contributed by atoms with Gasteiger partial charge in [0.15, 0.2) is 6.29 Å². The van der Waals surface area contributed by atoms with Gasteiger partial charge in [0.1, 0.15) is 0 Å². The zero-order valence-corrected chi connectivity index (χ0v) is 10.9. The lowest BCUT2D eigenvalue weighted by Gasteiger charge is -2.03. The van der Waals surface area contributed by atoms with E-state index in [0.717, 1.165) is 22.8 Å². The summed E-state index contributed by atoms with van der Waals surface area (Å²) in [6.45, 7) is 0. The van der Waals surface area contributed by atoms with E-state index in [2.05, 4.69) is 4.98 Å². The number of pyridine rings is 1. The third-order valence-electron chi connectivity index (χ3n) is 3.14. The van der Waals surface area contributed by atoms with Crippen LogP contribution in [0.4, 0.5) is 0 Å². The fourth-order valence-corrected chi connectivity index (χ4v) is 2.12. The molecule has 0 saturated heterocycles. The maximum atomic E-state index is 11.3. The first-order valence-corrected chi connectivity index (χ1v) is 6.45. The smallest absolute Gasteiger partial charge is 0.152 e. The van der Waals surface area contributed by atoms with Gasteiger partial charge >= 0.3 is 0 Å². The van der Waals surface area contributed by atoms with Crippen molar-refractivity contribution in [3.63, 3.8) is 0 Å². The van der Waals surface area contributed by atoms with Gasteiger partial charge in [-0.3, -0.25) is 4.79 Å². The predicted octanol–water partition coefficient (Wildman–Crippen LogP) is 3.97. The first-order chi connectivity index (χ1) is 9.86. The maximum Gasteiger partial charge on any atom is 0.152 e. The van der Waals surface area contributed by atoms with Crippen LogP contribution in [0.5, 0.6) is 0 Å². The van der Waals surface area contributed by atoms with E-state index in [-0.39, 0.29) is 0 Å². The summed E-state index contributed by atoms with van der Waals surface area (Å²) in [5, 5.41) is 1.07. The first-order valence-electron chi connectivity index (χ1n) is 6.45. The molecular formula is C18H13NO. The molecule has 20 heavy (non-hydrogen) atoms. The molecule has 0 fully saturated rings. The van der Waals surface area contributed by atoms with Crippen LogP contribution in [0.15, 0.2) is 66.7 Å². The van der Waals surface area contributed by atoms with Crippen LogP contribution in [0.2, 0.25) is 0 Å². The number of hydrogen-bond donors (Lipinski definition) is 0. The molecule has 0 amide bonds. The molecule has 0 aliphatic carbocycles. The highest BCUT2D eigenvalue weighted by molar-refractivity contribution is 6.13. The van der Waals surface area contributed by atoms with Crippen LogP contribution in [0, 0.1) is 0 Å². The molecule has 0 aliphatic heterocycles. The van der Waals surface area contributed by atoms with Gasteiger partial charge < -0.3 is 0 Å². The molecule has 0 spiro atoms. The van der Waals surface area contributed by atoms with Crippen molar-refractivity contribution in [3.05, 3.63) is 78.0 Å². The quantitative estimate of drug-likeness (QED) is 0.526. The summed E-state index contributed by atoms with van der Waals surface area (Å²) < 4.78 is 0. The third kappa shape index (κ3) is 2.50. The molecule has 2 aromatic carbocycles. The molecule has 0 radical (unpaired) electrons. The molecule has 3 aromatic rings. The third-order valence-corrected chi connectivity index (χ3v) is 3.14. The molecule has 1 heterocycles. The van der Waals surface area contributed by atoms with Crippen LogP contribution in [0.25, 0.3) is 22.6 Å². The van der Waals surface area contributed by atoms with Gasteiger partial charge in [-0.2, -0.15) is 0 Å². The Balaban J connectivity index is 2.07. The Morgan fingerprint density at radius 1 is 0.850 bits per heavy atom. The highest BCUT2D eigenvalue weighted by Gasteiger charge is 2.03. The number of rotatable bonds is 3. The van der Waals surface area contributed by atoms with Crippen molar-refractivity contribution in [3.8, 4) is 0 Å². The van der Waals surface area contributed by atoms with E-state index in [0.29, 0.717) is 11.3 Å². The van der Waals surface area contributed by atoms with E-state index in [1.54, 1.807) is 0 Å². The highest BCUT2D eigenvalue weighted by atomic mass is 16.1. The number of para-hydroxylation sites is 1. The molecule has 0 atom stereocenters. The summed E-state index contributed by atoms with van der Waals surface area (Å²) in [4.78, 5) is 15.9. The van der Waals surface area contributed by atoms with E-state index >= 15 is 0 Å². The average molecular weight is 259 g/mol. The summed E-state index contributed by atoms with van der Waals surface area (Å²) in [7, 11) is 0. The number of carbonyl (C=O) groups is 1. The number of allylic oxidation sites excluding steroid dienone is 1. The molecular weight excluding hydrogens is 246 g/mol. The van der Waals surface area contributed by atoms with Crippen molar-refractivity contribution in [1.82, 2.24) is 4.98 Å². The highest BCUT2D eigenvalue weighted by Crippen LogP contribution is 2.18. The monoisotopic (exact) mass is 259 g/mol. The zero-order valence-electron chi connectivity index (χ0n) is 10.9. The second-order valence-corrected chi connectivity index (χ2v) is 4.52. The molecule has 3 rings (SSSR count). The fourth-order valence-electron chi connectivity index (χ4n) is 2.12. The topological polar surface area (TPSA) is 30.0 Å². The molecule has 2 nitrogen and oxygen atoms in total. The number of aldehydes is 1. The molecule has 0 unspecified atom stereocenters. The number of fused-ring (bicyclic) bond motifs is 1.